The van der Waals surface area contributed by atoms with Crippen LogP contribution in [0.2, 0.25) is 0 Å². The van der Waals surface area contributed by atoms with Gasteiger partial charge in [0.25, 0.3) is 0 Å². The number of hydrogen-bond donors (Lipinski definition) is 0. The van der Waals surface area contributed by atoms with Crippen LogP contribution in [-0.4, -0.2) is 27.1 Å². The molecule has 0 aliphatic rings. The van der Waals surface area contributed by atoms with Crippen molar-refractivity contribution in [3.8, 4) is 17.2 Å². The fourth-order valence-electron chi connectivity index (χ4n) is 1.86. The van der Waals surface area contributed by atoms with Crippen molar-refractivity contribution in [2.24, 2.45) is 0 Å². The predicted octanol–water partition coefficient (Wildman–Crippen LogP) is 3.67. The second-order valence-electron chi connectivity index (χ2n) is 4.13. The van der Waals surface area contributed by atoms with E-state index >= 15 is 0 Å². The highest BCUT2D eigenvalue weighted by Gasteiger charge is 2.15. The standard InChI is InChI=1S/C16H16O4S/c1-18-14-9-11(10-15(19-2)16(14)20-3)13(17)7-6-12-5-4-8-21-12/h4-10H,1-3H3/b7-6+. The van der Waals surface area contributed by atoms with Gasteiger partial charge in [-0.25, -0.2) is 0 Å². The lowest BCUT2D eigenvalue weighted by molar-refractivity contribution is 0.104. The number of allylic oxidation sites excluding steroid dienone is 1. The third-order valence-electron chi connectivity index (χ3n) is 2.89. The fraction of sp³-hybridized carbons (Fsp3) is 0.188. The SMILES string of the molecule is COc1cc(C(=O)/C=C/c2cccs2)cc(OC)c1OC. The molecule has 0 radical (unpaired) electrons. The first kappa shape index (κ1) is 15.1. The molecule has 0 unspecified atom stereocenters. The van der Waals surface area contributed by atoms with E-state index in [0.29, 0.717) is 22.8 Å². The number of thiophene rings is 1. The molecule has 0 fully saturated rings. The first-order valence-electron chi connectivity index (χ1n) is 6.25. The lowest BCUT2D eigenvalue weighted by Gasteiger charge is -2.13. The van der Waals surface area contributed by atoms with Crippen LogP contribution in [0.1, 0.15) is 15.2 Å². The molecule has 0 aliphatic carbocycles. The van der Waals surface area contributed by atoms with Crippen molar-refractivity contribution in [2.45, 2.75) is 0 Å². The fourth-order valence-corrected chi connectivity index (χ4v) is 2.48. The molecule has 110 valence electrons. The average Bonchev–Trinajstić information content (AvgIpc) is 3.04. The molecule has 0 bridgehead atoms. The molecule has 0 spiro atoms. The normalized spacial score (nSPS) is 10.6. The van der Waals surface area contributed by atoms with Crippen LogP contribution in [0.4, 0.5) is 0 Å². The van der Waals surface area contributed by atoms with E-state index in [0.717, 1.165) is 4.88 Å². The van der Waals surface area contributed by atoms with Gasteiger partial charge in [0.2, 0.25) is 5.75 Å². The summed E-state index contributed by atoms with van der Waals surface area (Å²) in [5.74, 6) is 1.27. The van der Waals surface area contributed by atoms with Gasteiger partial charge in [-0.1, -0.05) is 6.07 Å². The summed E-state index contributed by atoms with van der Waals surface area (Å²) in [5.41, 5.74) is 0.484. The number of methoxy groups -OCH3 is 3. The van der Waals surface area contributed by atoms with Crippen LogP contribution in [0.25, 0.3) is 6.08 Å². The third kappa shape index (κ3) is 3.44. The van der Waals surface area contributed by atoms with Crippen LogP contribution in [0, 0.1) is 0 Å². The Labute approximate surface area is 127 Å². The lowest BCUT2D eigenvalue weighted by atomic mass is 10.1. The second kappa shape index (κ2) is 6.95. The molecule has 0 aliphatic heterocycles. The Morgan fingerprint density at radius 3 is 2.24 bits per heavy atom. The van der Waals surface area contributed by atoms with Gasteiger partial charge in [-0.2, -0.15) is 0 Å². The molecular weight excluding hydrogens is 288 g/mol. The molecule has 0 saturated carbocycles. The van der Waals surface area contributed by atoms with Gasteiger partial charge >= 0.3 is 0 Å². The number of ether oxygens (including phenoxy) is 3. The Morgan fingerprint density at radius 1 is 1.10 bits per heavy atom. The van der Waals surface area contributed by atoms with Crippen LogP contribution in [0.3, 0.4) is 0 Å². The van der Waals surface area contributed by atoms with Gasteiger partial charge in [0, 0.05) is 10.4 Å². The molecule has 4 nitrogen and oxygen atoms in total. The lowest BCUT2D eigenvalue weighted by Crippen LogP contribution is -2.00. The molecule has 2 aromatic rings. The first-order valence-corrected chi connectivity index (χ1v) is 7.13. The zero-order chi connectivity index (χ0) is 15.2. The van der Waals surface area contributed by atoms with E-state index in [1.54, 1.807) is 29.5 Å². The highest BCUT2D eigenvalue weighted by atomic mass is 32.1. The van der Waals surface area contributed by atoms with Gasteiger partial charge in [-0.15, -0.1) is 11.3 Å². The molecule has 0 saturated heterocycles. The quantitative estimate of drug-likeness (QED) is 0.603. The molecule has 1 heterocycles. The van der Waals surface area contributed by atoms with Crippen LogP contribution >= 0.6 is 11.3 Å². The van der Waals surface area contributed by atoms with E-state index in [-0.39, 0.29) is 5.78 Å². The largest absolute Gasteiger partial charge is 0.493 e. The van der Waals surface area contributed by atoms with E-state index in [1.165, 1.54) is 27.4 Å². The maximum atomic E-state index is 12.2. The monoisotopic (exact) mass is 304 g/mol. The minimum atomic E-state index is -0.123. The molecule has 2 rings (SSSR count). The van der Waals surface area contributed by atoms with E-state index < -0.39 is 0 Å². The second-order valence-corrected chi connectivity index (χ2v) is 5.11. The highest BCUT2D eigenvalue weighted by molar-refractivity contribution is 7.10. The van der Waals surface area contributed by atoms with Gasteiger partial charge in [0.1, 0.15) is 0 Å². The molecule has 0 N–H and O–H groups in total. The Hall–Kier alpha value is -2.27. The van der Waals surface area contributed by atoms with Gasteiger partial charge < -0.3 is 14.2 Å². The predicted molar refractivity (Wildman–Crippen MR) is 83.8 cm³/mol. The molecule has 21 heavy (non-hydrogen) atoms. The van der Waals surface area contributed by atoms with Gasteiger partial charge in [0.05, 0.1) is 21.3 Å². The van der Waals surface area contributed by atoms with Crippen molar-refractivity contribution in [2.75, 3.05) is 21.3 Å². The van der Waals surface area contributed by atoms with Crippen molar-refractivity contribution in [1.82, 2.24) is 0 Å². The van der Waals surface area contributed by atoms with E-state index in [4.69, 9.17) is 14.2 Å². The molecule has 5 heteroatoms. The molecule has 0 amide bonds. The summed E-state index contributed by atoms with van der Waals surface area (Å²) in [6.45, 7) is 0. The van der Waals surface area contributed by atoms with Gasteiger partial charge in [-0.05, 0) is 35.7 Å². The Balaban J connectivity index is 2.33. The van der Waals surface area contributed by atoms with E-state index in [2.05, 4.69) is 0 Å². The van der Waals surface area contributed by atoms with Crippen molar-refractivity contribution in [3.63, 3.8) is 0 Å². The summed E-state index contributed by atoms with van der Waals surface area (Å²) in [4.78, 5) is 13.3. The smallest absolute Gasteiger partial charge is 0.203 e. The number of hydrogen-bond acceptors (Lipinski definition) is 5. The van der Waals surface area contributed by atoms with Crippen molar-refractivity contribution >= 4 is 23.2 Å². The number of rotatable bonds is 6. The summed E-state index contributed by atoms with van der Waals surface area (Å²) < 4.78 is 15.7. The summed E-state index contributed by atoms with van der Waals surface area (Å²) in [7, 11) is 4.57. The minimum absolute atomic E-state index is 0.123. The summed E-state index contributed by atoms with van der Waals surface area (Å²) >= 11 is 1.57. The third-order valence-corrected chi connectivity index (χ3v) is 3.73. The van der Waals surface area contributed by atoms with Crippen LogP contribution in [0.15, 0.2) is 35.7 Å². The van der Waals surface area contributed by atoms with Gasteiger partial charge in [-0.3, -0.25) is 4.79 Å². The van der Waals surface area contributed by atoms with Crippen LogP contribution in [-0.2, 0) is 0 Å². The maximum absolute atomic E-state index is 12.2. The van der Waals surface area contributed by atoms with Crippen molar-refractivity contribution < 1.29 is 19.0 Å². The van der Waals surface area contributed by atoms with Crippen molar-refractivity contribution in [3.05, 3.63) is 46.2 Å². The molecule has 0 atom stereocenters. The zero-order valence-corrected chi connectivity index (χ0v) is 12.9. The average molecular weight is 304 g/mol. The highest BCUT2D eigenvalue weighted by Crippen LogP contribution is 2.38. The Kier molecular flexibility index (Phi) is 5.00. The summed E-state index contributed by atoms with van der Waals surface area (Å²) in [5, 5.41) is 1.96. The zero-order valence-electron chi connectivity index (χ0n) is 12.1. The summed E-state index contributed by atoms with van der Waals surface area (Å²) in [6.07, 6.45) is 3.32. The topological polar surface area (TPSA) is 44.8 Å². The maximum Gasteiger partial charge on any atom is 0.203 e. The van der Waals surface area contributed by atoms with E-state index in [9.17, 15) is 4.79 Å². The Morgan fingerprint density at radius 2 is 1.76 bits per heavy atom. The molecule has 1 aromatic carbocycles. The number of carbonyl (C=O) groups is 1. The number of ketones is 1. The number of benzene rings is 1. The molecule has 1 aromatic heterocycles. The minimum Gasteiger partial charge on any atom is -0.493 e. The van der Waals surface area contributed by atoms with Crippen LogP contribution in [0.5, 0.6) is 17.2 Å². The molecular formula is C16H16O4S. The summed E-state index contributed by atoms with van der Waals surface area (Å²) in [6, 6.07) is 7.17. The van der Waals surface area contributed by atoms with Crippen LogP contribution < -0.4 is 14.2 Å². The first-order chi connectivity index (χ1) is 10.2. The van der Waals surface area contributed by atoms with E-state index in [1.807, 2.05) is 17.5 Å². The van der Waals surface area contributed by atoms with Crippen molar-refractivity contribution in [1.29, 1.82) is 0 Å². The van der Waals surface area contributed by atoms with Gasteiger partial charge in [0.15, 0.2) is 17.3 Å². The number of carbonyl (C=O) groups excluding carboxylic acids is 1. The Bertz CT molecular complexity index is 619.